The van der Waals surface area contributed by atoms with Crippen LogP contribution in [0.15, 0.2) is 24.3 Å². The second-order valence-electron chi connectivity index (χ2n) is 8.94. The number of hydrogen-bond acceptors (Lipinski definition) is 2. The van der Waals surface area contributed by atoms with E-state index in [1.807, 2.05) is 0 Å². The summed E-state index contributed by atoms with van der Waals surface area (Å²) < 4.78 is 11.8. The lowest BCUT2D eigenvalue weighted by molar-refractivity contribution is -0.672. The van der Waals surface area contributed by atoms with Gasteiger partial charge in [0.15, 0.2) is 0 Å². The van der Waals surface area contributed by atoms with E-state index in [-0.39, 0.29) is 11.7 Å². The molecule has 0 aromatic heterocycles. The van der Waals surface area contributed by atoms with Crippen molar-refractivity contribution in [3.8, 4) is 5.75 Å². The molecule has 1 aliphatic heterocycles. The summed E-state index contributed by atoms with van der Waals surface area (Å²) in [6.07, 6.45) is 5.01. The molecule has 1 saturated heterocycles. The first kappa shape index (κ1) is 21.2. The van der Waals surface area contributed by atoms with Gasteiger partial charge in [-0.05, 0) is 75.6 Å². The van der Waals surface area contributed by atoms with Crippen molar-refractivity contribution >= 4 is 0 Å². The predicted molar refractivity (Wildman–Crippen MR) is 108 cm³/mol. The number of quaternary nitrogens is 1. The van der Waals surface area contributed by atoms with Crippen molar-refractivity contribution in [3.63, 3.8) is 0 Å². The zero-order chi connectivity index (χ0) is 19.2. The monoisotopic (exact) mass is 362 g/mol. The molecule has 2 N–H and O–H groups in total. The van der Waals surface area contributed by atoms with E-state index in [9.17, 15) is 0 Å². The summed E-state index contributed by atoms with van der Waals surface area (Å²) in [7, 11) is 0. The second-order valence-corrected chi connectivity index (χ2v) is 8.94. The van der Waals surface area contributed by atoms with E-state index in [2.05, 4.69) is 71.1 Å². The van der Waals surface area contributed by atoms with E-state index in [0.29, 0.717) is 11.3 Å². The average molecular weight is 363 g/mol. The molecule has 0 spiro atoms. The highest BCUT2D eigenvalue weighted by Crippen LogP contribution is 2.47. The molecule has 0 unspecified atom stereocenters. The van der Waals surface area contributed by atoms with Crippen molar-refractivity contribution in [2.24, 2.45) is 11.3 Å². The van der Waals surface area contributed by atoms with Crippen molar-refractivity contribution < 1.29 is 14.8 Å². The van der Waals surface area contributed by atoms with Crippen molar-refractivity contribution in [1.82, 2.24) is 0 Å². The second kappa shape index (κ2) is 9.23. The molecule has 2 rings (SSSR count). The summed E-state index contributed by atoms with van der Waals surface area (Å²) in [6, 6.07) is 8.55. The van der Waals surface area contributed by atoms with Crippen LogP contribution in [-0.4, -0.2) is 24.9 Å². The van der Waals surface area contributed by atoms with Gasteiger partial charge in [0, 0.05) is 18.6 Å². The van der Waals surface area contributed by atoms with Crippen LogP contribution in [0.1, 0.15) is 72.8 Å². The third-order valence-electron chi connectivity index (χ3n) is 6.27. The summed E-state index contributed by atoms with van der Waals surface area (Å²) in [5.74, 6) is 1.67. The molecule has 0 bridgehead atoms. The van der Waals surface area contributed by atoms with Gasteiger partial charge in [-0.2, -0.15) is 0 Å². The van der Waals surface area contributed by atoms with Crippen LogP contribution < -0.4 is 10.1 Å². The SMILES string of the molecule is CC[C@]1(C)C[C@](CC[NH2+]Cc2ccc(OC(C)C)cc2)(C(C)C)CCO1. The van der Waals surface area contributed by atoms with Gasteiger partial charge in [-0.15, -0.1) is 0 Å². The van der Waals surface area contributed by atoms with Gasteiger partial charge >= 0.3 is 0 Å². The largest absolute Gasteiger partial charge is 0.491 e. The third kappa shape index (κ3) is 5.72. The Hall–Kier alpha value is -1.06. The minimum atomic E-state index is 0.0643. The lowest BCUT2D eigenvalue weighted by atomic mass is 9.64. The van der Waals surface area contributed by atoms with Crippen LogP contribution in [0, 0.1) is 11.3 Å². The Morgan fingerprint density at radius 2 is 1.85 bits per heavy atom. The molecule has 1 heterocycles. The molecule has 1 aromatic rings. The average Bonchev–Trinajstić information content (AvgIpc) is 2.59. The molecule has 0 radical (unpaired) electrons. The summed E-state index contributed by atoms with van der Waals surface area (Å²) in [5, 5.41) is 2.46. The van der Waals surface area contributed by atoms with Crippen LogP contribution >= 0.6 is 0 Å². The summed E-state index contributed by atoms with van der Waals surface area (Å²) in [5.41, 5.74) is 1.86. The topological polar surface area (TPSA) is 35.1 Å². The molecule has 0 saturated carbocycles. The van der Waals surface area contributed by atoms with Gasteiger partial charge in [-0.25, -0.2) is 0 Å². The van der Waals surface area contributed by atoms with E-state index in [4.69, 9.17) is 9.47 Å². The molecule has 1 aliphatic rings. The quantitative estimate of drug-likeness (QED) is 0.654. The number of hydrogen-bond donors (Lipinski definition) is 1. The van der Waals surface area contributed by atoms with Crippen LogP contribution in [0.5, 0.6) is 5.75 Å². The first-order chi connectivity index (χ1) is 12.3. The van der Waals surface area contributed by atoms with E-state index in [0.717, 1.165) is 25.3 Å². The minimum absolute atomic E-state index is 0.0643. The Kier molecular flexibility index (Phi) is 7.54. The lowest BCUT2D eigenvalue weighted by Gasteiger charge is -2.48. The first-order valence-corrected chi connectivity index (χ1v) is 10.5. The highest BCUT2D eigenvalue weighted by Gasteiger charge is 2.44. The van der Waals surface area contributed by atoms with Gasteiger partial charge in [0.1, 0.15) is 12.3 Å². The van der Waals surface area contributed by atoms with Gasteiger partial charge in [-0.1, -0.05) is 20.8 Å². The Morgan fingerprint density at radius 1 is 1.15 bits per heavy atom. The smallest absolute Gasteiger partial charge is 0.119 e. The zero-order valence-corrected chi connectivity index (χ0v) is 17.8. The van der Waals surface area contributed by atoms with E-state index in [1.54, 1.807) is 0 Å². The van der Waals surface area contributed by atoms with Crippen molar-refractivity contribution in [1.29, 1.82) is 0 Å². The van der Waals surface area contributed by atoms with Gasteiger partial charge in [0.05, 0.1) is 18.2 Å². The lowest BCUT2D eigenvalue weighted by Crippen LogP contribution is -2.83. The maximum absolute atomic E-state index is 6.11. The van der Waals surface area contributed by atoms with Crippen LogP contribution in [0.2, 0.25) is 0 Å². The molecular weight excluding hydrogens is 322 g/mol. The minimum Gasteiger partial charge on any atom is -0.491 e. The molecule has 1 aromatic carbocycles. The highest BCUT2D eigenvalue weighted by atomic mass is 16.5. The Labute approximate surface area is 160 Å². The summed E-state index contributed by atoms with van der Waals surface area (Å²) in [4.78, 5) is 0. The standard InChI is InChI=1S/C23H39NO2/c1-7-22(6)17-23(18(2)3,13-15-25-22)12-14-24-16-20-8-10-21(11-9-20)26-19(4)5/h8-11,18-19,24H,7,12-17H2,1-6H3/p+1/t22-,23-/m1/s1. The van der Waals surface area contributed by atoms with Crippen LogP contribution in [0.25, 0.3) is 0 Å². The zero-order valence-electron chi connectivity index (χ0n) is 17.8. The fourth-order valence-corrected chi connectivity index (χ4v) is 4.24. The molecular formula is C23H40NO2+. The fraction of sp³-hybridized carbons (Fsp3) is 0.739. The summed E-state index contributed by atoms with van der Waals surface area (Å²) in [6.45, 7) is 16.6. The Balaban J connectivity index is 1.85. The molecule has 2 atom stereocenters. The maximum atomic E-state index is 6.11. The van der Waals surface area contributed by atoms with Crippen LogP contribution in [0.4, 0.5) is 0 Å². The molecule has 3 nitrogen and oxygen atoms in total. The Morgan fingerprint density at radius 3 is 2.42 bits per heavy atom. The molecule has 3 heteroatoms. The first-order valence-electron chi connectivity index (χ1n) is 10.5. The van der Waals surface area contributed by atoms with Crippen molar-refractivity contribution in [3.05, 3.63) is 29.8 Å². The van der Waals surface area contributed by atoms with Crippen LogP contribution in [-0.2, 0) is 11.3 Å². The summed E-state index contributed by atoms with van der Waals surface area (Å²) >= 11 is 0. The van der Waals surface area contributed by atoms with Gasteiger partial charge < -0.3 is 14.8 Å². The van der Waals surface area contributed by atoms with E-state index in [1.165, 1.54) is 31.4 Å². The fourth-order valence-electron chi connectivity index (χ4n) is 4.24. The van der Waals surface area contributed by atoms with Gasteiger partial charge in [-0.3, -0.25) is 0 Å². The van der Waals surface area contributed by atoms with Crippen molar-refractivity contribution in [2.45, 2.75) is 85.5 Å². The molecule has 0 aliphatic carbocycles. The van der Waals surface area contributed by atoms with Crippen molar-refractivity contribution in [2.75, 3.05) is 13.2 Å². The number of ether oxygens (including phenoxy) is 2. The maximum Gasteiger partial charge on any atom is 0.119 e. The Bertz CT molecular complexity index is 540. The normalized spacial score (nSPS) is 26.5. The van der Waals surface area contributed by atoms with E-state index >= 15 is 0 Å². The van der Waals surface area contributed by atoms with Gasteiger partial charge in [0.2, 0.25) is 0 Å². The third-order valence-corrected chi connectivity index (χ3v) is 6.27. The van der Waals surface area contributed by atoms with E-state index < -0.39 is 0 Å². The van der Waals surface area contributed by atoms with Crippen LogP contribution in [0.3, 0.4) is 0 Å². The molecule has 26 heavy (non-hydrogen) atoms. The molecule has 0 amide bonds. The highest BCUT2D eigenvalue weighted by molar-refractivity contribution is 5.26. The molecule has 1 fully saturated rings. The van der Waals surface area contributed by atoms with Gasteiger partial charge in [0.25, 0.3) is 0 Å². The molecule has 148 valence electrons. The number of rotatable bonds is 9. The predicted octanol–water partition coefficient (Wildman–Crippen LogP) is 4.55. The number of nitrogens with two attached hydrogens (primary N) is 1. The number of benzene rings is 1.